The van der Waals surface area contributed by atoms with Gasteiger partial charge in [0, 0.05) is 5.92 Å². The van der Waals surface area contributed by atoms with E-state index in [-0.39, 0.29) is 22.9 Å². The van der Waals surface area contributed by atoms with E-state index in [1.807, 2.05) is 60.7 Å². The summed E-state index contributed by atoms with van der Waals surface area (Å²) in [5.74, 6) is -0.517. The van der Waals surface area contributed by atoms with E-state index in [0.29, 0.717) is 0 Å². The average Bonchev–Trinajstić information content (AvgIpc) is 2.55. The number of nitrogens with one attached hydrogen (secondary N) is 1. The quantitative estimate of drug-likeness (QED) is 0.857. The third-order valence-corrected chi connectivity index (χ3v) is 4.48. The second-order valence-electron chi connectivity index (χ2n) is 5.60. The standard InChI is InChI=1S/C18H18N2OS/c19-17(22)16-14(12-7-3-1-4-8-12)11-15(20-18(16)21)13-9-5-2-6-10-13/h1-10,14-16H,11H2,(H2,19,22)(H,20,21). The van der Waals surface area contributed by atoms with Crippen LogP contribution in [-0.2, 0) is 4.79 Å². The normalized spacial score (nSPS) is 24.5. The Bertz CT molecular complexity index is 672. The lowest BCUT2D eigenvalue weighted by atomic mass is 9.76. The van der Waals surface area contributed by atoms with Crippen LogP contribution in [-0.4, -0.2) is 10.9 Å². The minimum Gasteiger partial charge on any atom is -0.393 e. The van der Waals surface area contributed by atoms with Crippen molar-refractivity contribution in [1.82, 2.24) is 5.32 Å². The molecule has 0 spiro atoms. The second-order valence-corrected chi connectivity index (χ2v) is 6.08. The van der Waals surface area contributed by atoms with E-state index in [0.717, 1.165) is 17.5 Å². The first-order valence-electron chi connectivity index (χ1n) is 7.36. The van der Waals surface area contributed by atoms with Crippen molar-refractivity contribution in [2.24, 2.45) is 11.7 Å². The highest BCUT2D eigenvalue weighted by molar-refractivity contribution is 7.80. The van der Waals surface area contributed by atoms with E-state index >= 15 is 0 Å². The number of amides is 1. The third kappa shape index (κ3) is 2.88. The van der Waals surface area contributed by atoms with Crippen LogP contribution in [0.15, 0.2) is 60.7 Å². The molecule has 1 aliphatic heterocycles. The number of benzene rings is 2. The van der Waals surface area contributed by atoms with Crippen molar-refractivity contribution in [1.29, 1.82) is 0 Å². The summed E-state index contributed by atoms with van der Waals surface area (Å²) in [6.07, 6.45) is 0.793. The number of carbonyl (C=O) groups is 1. The Hall–Kier alpha value is -2.20. The fourth-order valence-electron chi connectivity index (χ4n) is 3.15. The van der Waals surface area contributed by atoms with Crippen LogP contribution in [0.5, 0.6) is 0 Å². The number of hydrogen-bond acceptors (Lipinski definition) is 2. The number of rotatable bonds is 3. The molecule has 0 aliphatic carbocycles. The minimum absolute atomic E-state index is 0.00972. The van der Waals surface area contributed by atoms with Crippen molar-refractivity contribution in [2.75, 3.05) is 0 Å². The van der Waals surface area contributed by atoms with Crippen molar-refractivity contribution in [3.05, 3.63) is 71.8 Å². The number of nitrogens with two attached hydrogens (primary N) is 1. The highest BCUT2D eigenvalue weighted by atomic mass is 32.1. The van der Waals surface area contributed by atoms with E-state index in [9.17, 15) is 4.79 Å². The van der Waals surface area contributed by atoms with Gasteiger partial charge in [0.15, 0.2) is 0 Å². The predicted molar refractivity (Wildman–Crippen MR) is 91.4 cm³/mol. The summed E-state index contributed by atoms with van der Waals surface area (Å²) in [6.45, 7) is 0. The molecule has 112 valence electrons. The van der Waals surface area contributed by atoms with Crippen LogP contribution in [0.2, 0.25) is 0 Å². The first kappa shape index (κ1) is 14.7. The molecular weight excluding hydrogens is 292 g/mol. The van der Waals surface area contributed by atoms with Crippen LogP contribution in [0.1, 0.15) is 29.5 Å². The molecule has 3 atom stereocenters. The van der Waals surface area contributed by atoms with Gasteiger partial charge in [-0.1, -0.05) is 72.9 Å². The van der Waals surface area contributed by atoms with Gasteiger partial charge in [-0.25, -0.2) is 0 Å². The smallest absolute Gasteiger partial charge is 0.231 e. The maximum absolute atomic E-state index is 12.5. The SMILES string of the molecule is NC(=S)C1C(=O)NC(c2ccccc2)CC1c1ccccc1. The average molecular weight is 310 g/mol. The number of carbonyl (C=O) groups excluding carboxylic acids is 1. The maximum atomic E-state index is 12.5. The van der Waals surface area contributed by atoms with Gasteiger partial charge in [-0.2, -0.15) is 0 Å². The molecule has 2 aromatic rings. The van der Waals surface area contributed by atoms with Gasteiger partial charge in [0.25, 0.3) is 0 Å². The Balaban J connectivity index is 1.95. The van der Waals surface area contributed by atoms with Gasteiger partial charge in [0.1, 0.15) is 0 Å². The van der Waals surface area contributed by atoms with E-state index in [4.69, 9.17) is 18.0 Å². The molecule has 0 bridgehead atoms. The zero-order valence-corrected chi connectivity index (χ0v) is 12.9. The first-order chi connectivity index (χ1) is 10.7. The lowest BCUT2D eigenvalue weighted by Gasteiger charge is -2.36. The van der Waals surface area contributed by atoms with E-state index in [1.165, 1.54) is 0 Å². The van der Waals surface area contributed by atoms with Gasteiger partial charge in [0.2, 0.25) is 5.91 Å². The van der Waals surface area contributed by atoms with Crippen LogP contribution in [0.25, 0.3) is 0 Å². The minimum atomic E-state index is -0.447. The fourth-order valence-corrected chi connectivity index (χ4v) is 3.43. The van der Waals surface area contributed by atoms with Crippen LogP contribution in [0.4, 0.5) is 0 Å². The summed E-state index contributed by atoms with van der Waals surface area (Å²) in [4.78, 5) is 12.8. The topological polar surface area (TPSA) is 55.1 Å². The molecule has 0 radical (unpaired) electrons. The molecule has 1 amide bonds. The molecule has 22 heavy (non-hydrogen) atoms. The Morgan fingerprint density at radius 2 is 1.55 bits per heavy atom. The molecule has 2 aromatic carbocycles. The lowest BCUT2D eigenvalue weighted by Crippen LogP contribution is -2.48. The maximum Gasteiger partial charge on any atom is 0.231 e. The van der Waals surface area contributed by atoms with Crippen molar-refractivity contribution in [2.45, 2.75) is 18.4 Å². The van der Waals surface area contributed by atoms with Gasteiger partial charge < -0.3 is 11.1 Å². The van der Waals surface area contributed by atoms with Gasteiger partial charge >= 0.3 is 0 Å². The first-order valence-corrected chi connectivity index (χ1v) is 7.77. The lowest BCUT2D eigenvalue weighted by molar-refractivity contribution is -0.126. The molecule has 0 saturated carbocycles. The molecule has 3 rings (SSSR count). The second kappa shape index (κ2) is 6.28. The molecule has 3 nitrogen and oxygen atoms in total. The van der Waals surface area contributed by atoms with Crippen LogP contribution in [0, 0.1) is 5.92 Å². The van der Waals surface area contributed by atoms with Crippen molar-refractivity contribution < 1.29 is 4.79 Å². The Morgan fingerprint density at radius 3 is 2.09 bits per heavy atom. The van der Waals surface area contributed by atoms with Crippen molar-refractivity contribution in [3.8, 4) is 0 Å². The Kier molecular flexibility index (Phi) is 4.20. The van der Waals surface area contributed by atoms with E-state index in [2.05, 4.69) is 5.32 Å². The van der Waals surface area contributed by atoms with E-state index in [1.54, 1.807) is 0 Å². The van der Waals surface area contributed by atoms with Gasteiger partial charge in [0.05, 0.1) is 16.9 Å². The van der Waals surface area contributed by atoms with Gasteiger partial charge in [-0.05, 0) is 17.5 Å². The number of piperidine rings is 1. The van der Waals surface area contributed by atoms with Crippen LogP contribution >= 0.6 is 12.2 Å². The molecule has 1 fully saturated rings. The number of thiocarbonyl (C=S) groups is 1. The summed E-state index contributed by atoms with van der Waals surface area (Å²) in [5, 5.41) is 3.06. The molecule has 3 N–H and O–H groups in total. The molecule has 1 saturated heterocycles. The summed E-state index contributed by atoms with van der Waals surface area (Å²) < 4.78 is 0. The summed E-state index contributed by atoms with van der Waals surface area (Å²) in [7, 11) is 0. The zero-order valence-electron chi connectivity index (χ0n) is 12.1. The zero-order chi connectivity index (χ0) is 15.5. The van der Waals surface area contributed by atoms with Gasteiger partial charge in [-0.15, -0.1) is 0 Å². The molecule has 4 heteroatoms. The highest BCUT2D eigenvalue weighted by Crippen LogP contribution is 2.38. The van der Waals surface area contributed by atoms with E-state index < -0.39 is 5.92 Å². The molecule has 1 aliphatic rings. The molecular formula is C18H18N2OS. The predicted octanol–water partition coefficient (Wildman–Crippen LogP) is 2.93. The van der Waals surface area contributed by atoms with Crippen molar-refractivity contribution >= 4 is 23.1 Å². The number of hydrogen-bond donors (Lipinski definition) is 2. The van der Waals surface area contributed by atoms with Crippen LogP contribution in [0.3, 0.4) is 0 Å². The Labute approximate surface area is 135 Å². The summed E-state index contributed by atoms with van der Waals surface area (Å²) >= 11 is 5.14. The Morgan fingerprint density at radius 1 is 1.00 bits per heavy atom. The summed E-state index contributed by atoms with van der Waals surface area (Å²) in [6, 6.07) is 20.0. The third-order valence-electron chi connectivity index (χ3n) is 4.23. The molecule has 1 heterocycles. The fraction of sp³-hybridized carbons (Fsp3) is 0.222. The summed E-state index contributed by atoms with van der Waals surface area (Å²) in [5.41, 5.74) is 8.06. The molecule has 3 unspecified atom stereocenters. The van der Waals surface area contributed by atoms with Crippen molar-refractivity contribution in [3.63, 3.8) is 0 Å². The highest BCUT2D eigenvalue weighted by Gasteiger charge is 2.39. The monoisotopic (exact) mass is 310 g/mol. The van der Waals surface area contributed by atoms with Gasteiger partial charge in [-0.3, -0.25) is 4.79 Å². The largest absolute Gasteiger partial charge is 0.393 e. The molecule has 0 aromatic heterocycles. The van der Waals surface area contributed by atoms with Crippen LogP contribution < -0.4 is 11.1 Å².